The second kappa shape index (κ2) is 9.75. The summed E-state index contributed by atoms with van der Waals surface area (Å²) in [6.07, 6.45) is -4.03. The molecule has 0 aromatic carbocycles. The maximum Gasteiger partial charge on any atom is 0.303 e. The molecule has 0 saturated carbocycles. The second-order valence-electron chi connectivity index (χ2n) is 7.15. The van der Waals surface area contributed by atoms with Gasteiger partial charge in [0.05, 0.1) is 6.10 Å². The Labute approximate surface area is 174 Å². The molecule has 2 heterocycles. The topological polar surface area (TPSA) is 124 Å². The lowest BCUT2D eigenvalue weighted by molar-refractivity contribution is -0.268. The first-order chi connectivity index (χ1) is 14.0. The monoisotopic (exact) mass is 426 g/mol. The molecule has 0 aromatic rings. The van der Waals surface area contributed by atoms with Crippen molar-refractivity contribution in [3.8, 4) is 0 Å². The molecule has 4 atom stereocenters. The molecule has 2 rings (SSSR count). The Morgan fingerprint density at radius 1 is 1.00 bits per heavy atom. The van der Waals surface area contributed by atoms with E-state index < -0.39 is 48.3 Å². The maximum absolute atomic E-state index is 12.6. The van der Waals surface area contributed by atoms with Crippen LogP contribution in [0.3, 0.4) is 0 Å². The zero-order chi connectivity index (χ0) is 22.6. The molecule has 2 aliphatic rings. The molecule has 2 aliphatic heterocycles. The summed E-state index contributed by atoms with van der Waals surface area (Å²) in [5.74, 6) is -2.02. The Bertz CT molecular complexity index is 789. The van der Waals surface area contributed by atoms with Crippen LogP contribution in [0.2, 0.25) is 0 Å². The predicted octanol–water partition coefficient (Wildman–Crippen LogP) is 1.67. The fourth-order valence-corrected chi connectivity index (χ4v) is 3.05. The van der Waals surface area contributed by atoms with Crippen molar-refractivity contribution in [1.29, 1.82) is 0 Å². The number of allylic oxidation sites excluding steroid dienone is 2. The van der Waals surface area contributed by atoms with Crippen molar-refractivity contribution in [2.75, 3.05) is 6.61 Å². The average molecular weight is 426 g/mol. The first kappa shape index (κ1) is 23.4. The molecule has 10 nitrogen and oxygen atoms in total. The van der Waals surface area contributed by atoms with Crippen LogP contribution >= 0.6 is 0 Å². The lowest BCUT2D eigenvalue weighted by Gasteiger charge is -2.39. The third-order valence-electron chi connectivity index (χ3n) is 4.22. The predicted molar refractivity (Wildman–Crippen MR) is 99.3 cm³/mol. The van der Waals surface area contributed by atoms with Gasteiger partial charge in [-0.05, 0) is 26.3 Å². The molecule has 3 unspecified atom stereocenters. The third-order valence-corrected chi connectivity index (χ3v) is 4.22. The number of ether oxygens (including phenoxy) is 6. The van der Waals surface area contributed by atoms with E-state index >= 15 is 0 Å². The Morgan fingerprint density at radius 3 is 2.13 bits per heavy atom. The molecule has 10 heteroatoms. The molecule has 0 aliphatic carbocycles. The highest BCUT2D eigenvalue weighted by Gasteiger charge is 2.47. The zero-order valence-corrected chi connectivity index (χ0v) is 17.8. The third kappa shape index (κ3) is 5.82. The average Bonchev–Trinajstić information content (AvgIpc) is 2.90. The van der Waals surface area contributed by atoms with Gasteiger partial charge < -0.3 is 28.4 Å². The number of ketones is 1. The molecule has 0 radical (unpaired) electrons. The van der Waals surface area contributed by atoms with E-state index in [1.165, 1.54) is 20.8 Å². The van der Waals surface area contributed by atoms with Crippen molar-refractivity contribution < 1.29 is 47.6 Å². The maximum atomic E-state index is 12.6. The number of carbonyl (C=O) groups is 4. The van der Waals surface area contributed by atoms with E-state index in [1.54, 1.807) is 20.8 Å². The Balaban J connectivity index is 2.32. The molecule has 0 amide bonds. The van der Waals surface area contributed by atoms with Crippen LogP contribution < -0.4 is 0 Å². The smallest absolute Gasteiger partial charge is 0.303 e. The van der Waals surface area contributed by atoms with E-state index in [4.69, 9.17) is 28.4 Å². The SMILES string of the molecule is CC(=O)OCC1CC(OC(C)=O)[C@@H](OC(C)=O)C(OC2=C(C)OC(=C(C)C)C2=O)O1. The van der Waals surface area contributed by atoms with Gasteiger partial charge in [-0.2, -0.15) is 0 Å². The fraction of sp³-hybridized carbons (Fsp3) is 0.600. The quantitative estimate of drug-likeness (QED) is 0.352. The normalized spacial score (nSPS) is 26.1. The number of Topliss-reactive ketones (excluding diaryl/α,β-unsaturated/α-hetero) is 1. The first-order valence-electron chi connectivity index (χ1n) is 9.40. The van der Waals surface area contributed by atoms with E-state index in [0.717, 1.165) is 0 Å². The van der Waals surface area contributed by atoms with Gasteiger partial charge in [0, 0.05) is 27.2 Å². The van der Waals surface area contributed by atoms with Crippen molar-refractivity contribution in [1.82, 2.24) is 0 Å². The molecule has 1 saturated heterocycles. The molecule has 0 N–H and O–H groups in total. The molecule has 0 aromatic heterocycles. The first-order valence-corrected chi connectivity index (χ1v) is 9.40. The number of esters is 3. The van der Waals surface area contributed by atoms with Crippen molar-refractivity contribution in [2.24, 2.45) is 0 Å². The van der Waals surface area contributed by atoms with Crippen molar-refractivity contribution in [2.45, 2.75) is 72.6 Å². The number of hydrogen-bond acceptors (Lipinski definition) is 10. The van der Waals surface area contributed by atoms with Crippen LogP contribution in [0, 0.1) is 0 Å². The van der Waals surface area contributed by atoms with Gasteiger partial charge in [0.25, 0.3) is 5.78 Å². The van der Waals surface area contributed by atoms with Gasteiger partial charge in [0.2, 0.25) is 18.2 Å². The van der Waals surface area contributed by atoms with Gasteiger partial charge in [-0.25, -0.2) is 0 Å². The minimum atomic E-state index is -1.30. The van der Waals surface area contributed by atoms with Crippen molar-refractivity contribution in [3.05, 3.63) is 22.9 Å². The molecule has 1 fully saturated rings. The largest absolute Gasteiger partial charge is 0.463 e. The van der Waals surface area contributed by atoms with Crippen LogP contribution in [0.15, 0.2) is 22.9 Å². The van der Waals surface area contributed by atoms with Crippen LogP contribution in [0.5, 0.6) is 0 Å². The summed E-state index contributed by atoms with van der Waals surface area (Å²) in [6, 6.07) is 0. The summed E-state index contributed by atoms with van der Waals surface area (Å²) in [4.78, 5) is 47.0. The van der Waals surface area contributed by atoms with Gasteiger partial charge >= 0.3 is 17.9 Å². The Kier molecular flexibility index (Phi) is 7.60. The lowest BCUT2D eigenvalue weighted by Crippen LogP contribution is -2.54. The summed E-state index contributed by atoms with van der Waals surface area (Å²) >= 11 is 0. The molecular formula is C20H26O10. The van der Waals surface area contributed by atoms with Crippen LogP contribution in [-0.4, -0.2) is 54.9 Å². The summed E-state index contributed by atoms with van der Waals surface area (Å²) in [6.45, 7) is 8.48. The summed E-state index contributed by atoms with van der Waals surface area (Å²) in [5.41, 5.74) is 0.657. The molecule has 0 spiro atoms. The van der Waals surface area contributed by atoms with Gasteiger partial charge in [-0.3, -0.25) is 19.2 Å². The van der Waals surface area contributed by atoms with Crippen molar-refractivity contribution in [3.63, 3.8) is 0 Å². The van der Waals surface area contributed by atoms with E-state index in [0.29, 0.717) is 5.57 Å². The summed E-state index contributed by atoms with van der Waals surface area (Å²) in [7, 11) is 0. The zero-order valence-electron chi connectivity index (χ0n) is 17.8. The number of hydrogen-bond donors (Lipinski definition) is 0. The van der Waals surface area contributed by atoms with Gasteiger partial charge in [0.15, 0.2) is 5.76 Å². The molecular weight excluding hydrogens is 400 g/mol. The Hall–Kier alpha value is -2.88. The minimum absolute atomic E-state index is 0.0896. The number of carbonyl (C=O) groups excluding carboxylic acids is 4. The Morgan fingerprint density at radius 2 is 1.63 bits per heavy atom. The molecule has 0 bridgehead atoms. The van der Waals surface area contributed by atoms with Gasteiger partial charge in [-0.15, -0.1) is 0 Å². The van der Waals surface area contributed by atoms with E-state index in [2.05, 4.69) is 0 Å². The van der Waals surface area contributed by atoms with E-state index in [1.807, 2.05) is 0 Å². The van der Waals surface area contributed by atoms with Gasteiger partial charge in [-0.1, -0.05) is 0 Å². The van der Waals surface area contributed by atoms with Gasteiger partial charge in [0.1, 0.15) is 18.5 Å². The van der Waals surface area contributed by atoms with Crippen LogP contribution in [0.25, 0.3) is 0 Å². The van der Waals surface area contributed by atoms with Crippen molar-refractivity contribution >= 4 is 23.7 Å². The highest BCUT2D eigenvalue weighted by Crippen LogP contribution is 2.33. The fourth-order valence-electron chi connectivity index (χ4n) is 3.05. The molecule has 30 heavy (non-hydrogen) atoms. The minimum Gasteiger partial charge on any atom is -0.463 e. The van der Waals surface area contributed by atoms with Crippen LogP contribution in [0.1, 0.15) is 48.0 Å². The highest BCUT2D eigenvalue weighted by atomic mass is 16.7. The van der Waals surface area contributed by atoms with E-state index in [-0.39, 0.29) is 30.3 Å². The van der Waals surface area contributed by atoms with Crippen LogP contribution in [0.4, 0.5) is 0 Å². The second-order valence-corrected chi connectivity index (χ2v) is 7.15. The summed E-state index contributed by atoms with van der Waals surface area (Å²) < 4.78 is 32.6. The lowest BCUT2D eigenvalue weighted by atomic mass is 10.0. The van der Waals surface area contributed by atoms with E-state index in [9.17, 15) is 19.2 Å². The van der Waals surface area contributed by atoms with Crippen LogP contribution in [-0.2, 0) is 47.6 Å². The number of rotatable bonds is 6. The highest BCUT2D eigenvalue weighted by molar-refractivity contribution is 6.08. The standard InChI is InChI=1S/C20H26O10/c1-9(2)17-16(24)18(10(3)26-17)30-20-19(28-13(6)23)15(27-12(5)22)7-14(29-20)8-25-11(4)21/h14-15,19-20H,7-8H2,1-6H3/t14?,15?,19-,20?/m1/s1. The summed E-state index contributed by atoms with van der Waals surface area (Å²) in [5, 5.41) is 0. The molecule has 166 valence electrons.